The highest BCUT2D eigenvalue weighted by molar-refractivity contribution is 5.79. The third kappa shape index (κ3) is 5.77. The maximum absolute atomic E-state index is 13.8. The Morgan fingerprint density at radius 3 is 2.25 bits per heavy atom. The van der Waals surface area contributed by atoms with E-state index in [2.05, 4.69) is 15.6 Å². The Balaban J connectivity index is 2.06. The molecule has 2 aromatic rings. The minimum atomic E-state index is -0.255. The summed E-state index contributed by atoms with van der Waals surface area (Å²) < 4.78 is 30.0. The first-order chi connectivity index (χ1) is 13.6. The number of aliphatic imine (C=N–C) groups is 1. The van der Waals surface area contributed by atoms with Gasteiger partial charge in [-0.15, -0.1) is 0 Å². The van der Waals surface area contributed by atoms with Gasteiger partial charge in [0, 0.05) is 36.3 Å². The SMILES string of the molecule is CCNC(=NCc1ccccc1F)NCCc1c(OC)cc(OC)cc1OC. The number of halogens is 1. The number of hydrogen-bond acceptors (Lipinski definition) is 4. The lowest BCUT2D eigenvalue weighted by molar-refractivity contribution is 0.368. The molecule has 0 radical (unpaired) electrons. The van der Waals surface area contributed by atoms with Crippen LogP contribution in [0, 0.1) is 5.82 Å². The van der Waals surface area contributed by atoms with Crippen LogP contribution < -0.4 is 24.8 Å². The number of benzene rings is 2. The largest absolute Gasteiger partial charge is 0.496 e. The molecular formula is C21H28FN3O3. The number of guanidine groups is 1. The highest BCUT2D eigenvalue weighted by atomic mass is 19.1. The monoisotopic (exact) mass is 389 g/mol. The summed E-state index contributed by atoms with van der Waals surface area (Å²) in [5, 5.41) is 6.43. The molecule has 152 valence electrons. The van der Waals surface area contributed by atoms with Crippen molar-refractivity contribution >= 4 is 5.96 Å². The van der Waals surface area contributed by atoms with Crippen LogP contribution >= 0.6 is 0 Å². The summed E-state index contributed by atoms with van der Waals surface area (Å²) in [5.74, 6) is 2.44. The maximum Gasteiger partial charge on any atom is 0.191 e. The van der Waals surface area contributed by atoms with Gasteiger partial charge in [0.25, 0.3) is 0 Å². The van der Waals surface area contributed by atoms with Gasteiger partial charge in [0.15, 0.2) is 5.96 Å². The number of rotatable bonds is 9. The van der Waals surface area contributed by atoms with Gasteiger partial charge >= 0.3 is 0 Å². The third-order valence-corrected chi connectivity index (χ3v) is 4.19. The molecule has 0 aliphatic carbocycles. The van der Waals surface area contributed by atoms with Crippen molar-refractivity contribution in [3.05, 3.63) is 53.3 Å². The van der Waals surface area contributed by atoms with Gasteiger partial charge in [-0.3, -0.25) is 0 Å². The van der Waals surface area contributed by atoms with Gasteiger partial charge in [0.2, 0.25) is 0 Å². The normalized spacial score (nSPS) is 11.1. The zero-order valence-electron chi connectivity index (χ0n) is 16.8. The zero-order chi connectivity index (χ0) is 20.4. The lowest BCUT2D eigenvalue weighted by Gasteiger charge is -2.16. The van der Waals surface area contributed by atoms with E-state index in [1.165, 1.54) is 6.07 Å². The summed E-state index contributed by atoms with van der Waals surface area (Å²) in [6.45, 7) is 3.55. The van der Waals surface area contributed by atoms with Crippen molar-refractivity contribution in [2.24, 2.45) is 4.99 Å². The number of methoxy groups -OCH3 is 3. The second-order valence-corrected chi connectivity index (χ2v) is 5.97. The summed E-state index contributed by atoms with van der Waals surface area (Å²) in [7, 11) is 4.83. The molecule has 28 heavy (non-hydrogen) atoms. The Morgan fingerprint density at radius 1 is 1.00 bits per heavy atom. The molecule has 0 aromatic heterocycles. The Morgan fingerprint density at radius 2 is 1.68 bits per heavy atom. The lowest BCUT2D eigenvalue weighted by atomic mass is 10.1. The molecule has 0 saturated carbocycles. The maximum atomic E-state index is 13.8. The van der Waals surface area contributed by atoms with E-state index in [-0.39, 0.29) is 12.4 Å². The molecule has 0 bridgehead atoms. The molecule has 0 heterocycles. The van der Waals surface area contributed by atoms with Gasteiger partial charge in [-0.25, -0.2) is 9.38 Å². The molecule has 0 atom stereocenters. The fourth-order valence-electron chi connectivity index (χ4n) is 2.76. The van der Waals surface area contributed by atoms with E-state index in [1.807, 2.05) is 19.1 Å². The van der Waals surface area contributed by atoms with Crippen LogP contribution in [-0.2, 0) is 13.0 Å². The second-order valence-electron chi connectivity index (χ2n) is 5.97. The van der Waals surface area contributed by atoms with Crippen LogP contribution in [0.1, 0.15) is 18.1 Å². The van der Waals surface area contributed by atoms with Crippen LogP contribution in [0.3, 0.4) is 0 Å². The van der Waals surface area contributed by atoms with Crippen molar-refractivity contribution in [3.63, 3.8) is 0 Å². The fourth-order valence-corrected chi connectivity index (χ4v) is 2.76. The van der Waals surface area contributed by atoms with Gasteiger partial charge < -0.3 is 24.8 Å². The smallest absolute Gasteiger partial charge is 0.191 e. The van der Waals surface area contributed by atoms with Crippen molar-refractivity contribution in [2.75, 3.05) is 34.4 Å². The molecular weight excluding hydrogens is 361 g/mol. The van der Waals surface area contributed by atoms with E-state index in [4.69, 9.17) is 14.2 Å². The first kappa shape index (κ1) is 21.3. The van der Waals surface area contributed by atoms with Crippen molar-refractivity contribution < 1.29 is 18.6 Å². The van der Waals surface area contributed by atoms with Crippen LogP contribution in [0.5, 0.6) is 17.2 Å². The lowest BCUT2D eigenvalue weighted by Crippen LogP contribution is -2.38. The Hall–Kier alpha value is -2.96. The number of nitrogens with zero attached hydrogens (tertiary/aromatic N) is 1. The van der Waals surface area contributed by atoms with Crippen LogP contribution in [0.4, 0.5) is 4.39 Å². The van der Waals surface area contributed by atoms with Gasteiger partial charge in [-0.1, -0.05) is 18.2 Å². The van der Waals surface area contributed by atoms with E-state index >= 15 is 0 Å². The minimum Gasteiger partial charge on any atom is -0.496 e. The van der Waals surface area contributed by atoms with Crippen molar-refractivity contribution in [2.45, 2.75) is 19.9 Å². The summed E-state index contributed by atoms with van der Waals surface area (Å²) >= 11 is 0. The average Bonchev–Trinajstić information content (AvgIpc) is 2.72. The summed E-state index contributed by atoms with van der Waals surface area (Å²) in [4.78, 5) is 4.46. The summed E-state index contributed by atoms with van der Waals surface area (Å²) in [6.07, 6.45) is 0.653. The minimum absolute atomic E-state index is 0.255. The quantitative estimate of drug-likeness (QED) is 0.510. The topological polar surface area (TPSA) is 64.1 Å². The summed E-state index contributed by atoms with van der Waals surface area (Å²) in [5.41, 5.74) is 1.49. The number of ether oxygens (including phenoxy) is 3. The van der Waals surface area contributed by atoms with E-state index < -0.39 is 0 Å². The Kier molecular flexibility index (Phi) is 8.39. The van der Waals surface area contributed by atoms with E-state index in [0.717, 1.165) is 5.56 Å². The number of hydrogen-bond donors (Lipinski definition) is 2. The molecule has 2 rings (SSSR count). The average molecular weight is 389 g/mol. The molecule has 2 N–H and O–H groups in total. The highest BCUT2D eigenvalue weighted by Gasteiger charge is 2.13. The van der Waals surface area contributed by atoms with Gasteiger partial charge in [0.1, 0.15) is 23.1 Å². The zero-order valence-corrected chi connectivity index (χ0v) is 16.8. The van der Waals surface area contributed by atoms with Crippen molar-refractivity contribution in [1.82, 2.24) is 10.6 Å². The highest BCUT2D eigenvalue weighted by Crippen LogP contribution is 2.34. The van der Waals surface area contributed by atoms with Crippen LogP contribution in [-0.4, -0.2) is 40.4 Å². The van der Waals surface area contributed by atoms with Gasteiger partial charge in [0.05, 0.1) is 27.9 Å². The molecule has 0 aliphatic rings. The van der Waals surface area contributed by atoms with Crippen molar-refractivity contribution in [3.8, 4) is 17.2 Å². The van der Waals surface area contributed by atoms with E-state index in [0.29, 0.717) is 48.3 Å². The van der Waals surface area contributed by atoms with Gasteiger partial charge in [-0.2, -0.15) is 0 Å². The van der Waals surface area contributed by atoms with E-state index in [9.17, 15) is 4.39 Å². The summed E-state index contributed by atoms with van der Waals surface area (Å²) in [6, 6.07) is 10.3. The third-order valence-electron chi connectivity index (χ3n) is 4.19. The molecule has 0 aliphatic heterocycles. The molecule has 7 heteroatoms. The van der Waals surface area contributed by atoms with Crippen LogP contribution in [0.15, 0.2) is 41.4 Å². The van der Waals surface area contributed by atoms with Crippen molar-refractivity contribution in [1.29, 1.82) is 0 Å². The first-order valence-corrected chi connectivity index (χ1v) is 9.17. The Labute approximate surface area is 165 Å². The molecule has 0 spiro atoms. The first-order valence-electron chi connectivity index (χ1n) is 9.17. The van der Waals surface area contributed by atoms with Crippen LogP contribution in [0.2, 0.25) is 0 Å². The standard InChI is InChI=1S/C21H28FN3O3/c1-5-23-21(25-14-15-8-6-7-9-18(15)22)24-11-10-17-19(27-3)12-16(26-2)13-20(17)28-4/h6-9,12-13H,5,10-11,14H2,1-4H3,(H2,23,24,25). The molecule has 0 fully saturated rings. The molecule has 0 amide bonds. The Bertz CT molecular complexity index is 771. The molecule has 0 saturated heterocycles. The molecule has 0 unspecified atom stereocenters. The fraction of sp³-hybridized carbons (Fsp3) is 0.381. The van der Waals surface area contributed by atoms with Crippen LogP contribution in [0.25, 0.3) is 0 Å². The molecule has 2 aromatic carbocycles. The van der Waals surface area contributed by atoms with Gasteiger partial charge in [-0.05, 0) is 19.4 Å². The predicted octanol–water partition coefficient (Wildman–Crippen LogP) is 3.15. The molecule has 6 nitrogen and oxygen atoms in total. The van der Waals surface area contributed by atoms with E-state index in [1.54, 1.807) is 39.5 Å². The second kappa shape index (κ2) is 11.0. The predicted molar refractivity (Wildman–Crippen MR) is 109 cm³/mol. The number of nitrogens with one attached hydrogen (secondary N) is 2.